The molecule has 7 nitrogen and oxygen atoms in total. The normalized spacial score (nSPS) is 13.8. The lowest BCUT2D eigenvalue weighted by Gasteiger charge is -2.14. The number of carbonyl (C=O) groups is 2. The van der Waals surface area contributed by atoms with Crippen molar-refractivity contribution >= 4 is 28.5 Å². The molecule has 10 heteroatoms. The maximum Gasteiger partial charge on any atom is 0.387 e. The lowest BCUT2D eigenvalue weighted by molar-refractivity contribution is -0.131. The summed E-state index contributed by atoms with van der Waals surface area (Å²) in [6, 6.07) is 5.90. The summed E-state index contributed by atoms with van der Waals surface area (Å²) in [6.45, 7) is -1.35. The Bertz CT molecular complexity index is 792. The van der Waals surface area contributed by atoms with Crippen LogP contribution >= 0.6 is 11.5 Å². The molecule has 3 rings (SSSR count). The van der Waals surface area contributed by atoms with Gasteiger partial charge in [-0.15, -0.1) is 0 Å². The van der Waals surface area contributed by atoms with Gasteiger partial charge in [-0.1, -0.05) is 0 Å². The Morgan fingerprint density at radius 3 is 2.56 bits per heavy atom. The molecular weight excluding hydrogens is 378 g/mol. The van der Waals surface area contributed by atoms with Gasteiger partial charge in [0.1, 0.15) is 5.75 Å². The van der Waals surface area contributed by atoms with Crippen LogP contribution in [0.1, 0.15) is 25.7 Å². The molecule has 2 amide bonds. The van der Waals surface area contributed by atoms with Gasteiger partial charge in [0, 0.05) is 43.0 Å². The van der Waals surface area contributed by atoms with Crippen LogP contribution in [-0.4, -0.2) is 45.8 Å². The van der Waals surface area contributed by atoms with E-state index in [2.05, 4.69) is 19.4 Å². The molecule has 2 aromatic rings. The first-order chi connectivity index (χ1) is 13.0. The highest BCUT2D eigenvalue weighted by atomic mass is 32.1. The van der Waals surface area contributed by atoms with E-state index < -0.39 is 6.61 Å². The number of amides is 2. The van der Waals surface area contributed by atoms with Crippen LogP contribution in [0.3, 0.4) is 0 Å². The van der Waals surface area contributed by atoms with Gasteiger partial charge < -0.3 is 15.0 Å². The second-order valence-electron chi connectivity index (χ2n) is 5.96. The van der Waals surface area contributed by atoms with Crippen LogP contribution in [-0.2, 0) is 9.59 Å². The molecule has 0 atom stereocenters. The number of aromatic nitrogens is 2. The zero-order chi connectivity index (χ0) is 19.2. The fourth-order valence-corrected chi connectivity index (χ4v) is 3.31. The Kier molecular flexibility index (Phi) is 6.28. The van der Waals surface area contributed by atoms with Crippen LogP contribution < -0.4 is 10.1 Å². The molecule has 0 saturated carbocycles. The quantitative estimate of drug-likeness (QED) is 0.777. The third-order valence-electron chi connectivity index (χ3n) is 4.03. The second kappa shape index (κ2) is 8.85. The standard InChI is InChI=1S/C17H18F2N4O3S/c18-16(19)26-12-5-3-11(4-6-12)15-21-17(27-22-15)20-13(24)7-8-14(25)23-9-1-2-10-23/h3-6,16H,1-2,7-10H2,(H,20,21,22,24). The number of likely N-dealkylation sites (tertiary alicyclic amines) is 1. The smallest absolute Gasteiger partial charge is 0.387 e. The third-order valence-corrected chi connectivity index (χ3v) is 4.67. The van der Waals surface area contributed by atoms with Crippen molar-refractivity contribution in [3.8, 4) is 17.1 Å². The molecule has 0 unspecified atom stereocenters. The van der Waals surface area contributed by atoms with Crippen LogP contribution in [0.2, 0.25) is 0 Å². The predicted molar refractivity (Wildman–Crippen MR) is 95.7 cm³/mol. The number of nitrogens with one attached hydrogen (secondary N) is 1. The Labute approximate surface area is 158 Å². The highest BCUT2D eigenvalue weighted by molar-refractivity contribution is 7.10. The molecule has 0 bridgehead atoms. The van der Waals surface area contributed by atoms with Crippen molar-refractivity contribution in [3.63, 3.8) is 0 Å². The Morgan fingerprint density at radius 1 is 1.19 bits per heavy atom. The van der Waals surface area contributed by atoms with E-state index >= 15 is 0 Å². The number of benzene rings is 1. The van der Waals surface area contributed by atoms with E-state index in [4.69, 9.17) is 0 Å². The summed E-state index contributed by atoms with van der Waals surface area (Å²) >= 11 is 1.01. The average molecular weight is 396 g/mol. The number of nitrogens with zero attached hydrogens (tertiary/aromatic N) is 3. The van der Waals surface area contributed by atoms with Gasteiger partial charge in [0.15, 0.2) is 5.82 Å². The molecular formula is C17H18F2N4O3S. The fourth-order valence-electron chi connectivity index (χ4n) is 2.70. The van der Waals surface area contributed by atoms with Gasteiger partial charge in [0.2, 0.25) is 16.9 Å². The minimum atomic E-state index is -2.88. The van der Waals surface area contributed by atoms with E-state index in [1.165, 1.54) is 12.1 Å². The van der Waals surface area contributed by atoms with Crippen molar-refractivity contribution in [3.05, 3.63) is 24.3 Å². The van der Waals surface area contributed by atoms with E-state index in [0.29, 0.717) is 16.5 Å². The lowest BCUT2D eigenvalue weighted by atomic mass is 10.2. The van der Waals surface area contributed by atoms with E-state index in [9.17, 15) is 18.4 Å². The number of hydrogen-bond acceptors (Lipinski definition) is 6. The van der Waals surface area contributed by atoms with Crippen LogP contribution in [0.25, 0.3) is 11.4 Å². The summed E-state index contributed by atoms with van der Waals surface area (Å²) < 4.78 is 32.7. The average Bonchev–Trinajstić information content (AvgIpc) is 3.32. The predicted octanol–water partition coefficient (Wildman–Crippen LogP) is 3.15. The Hall–Kier alpha value is -2.62. The van der Waals surface area contributed by atoms with Crippen LogP contribution in [0.4, 0.5) is 13.9 Å². The zero-order valence-corrected chi connectivity index (χ0v) is 15.2. The summed E-state index contributed by atoms with van der Waals surface area (Å²) in [7, 11) is 0. The van der Waals surface area contributed by atoms with Gasteiger partial charge in [0.25, 0.3) is 0 Å². The van der Waals surface area contributed by atoms with Crippen LogP contribution in [0.5, 0.6) is 5.75 Å². The topological polar surface area (TPSA) is 84.4 Å². The molecule has 1 N–H and O–H groups in total. The van der Waals surface area contributed by atoms with Crippen LogP contribution in [0.15, 0.2) is 24.3 Å². The molecule has 1 aromatic carbocycles. The molecule has 1 aliphatic rings. The third kappa shape index (κ3) is 5.43. The summed E-state index contributed by atoms with van der Waals surface area (Å²) in [5.74, 6) is 0.102. The van der Waals surface area contributed by atoms with Gasteiger partial charge in [-0.2, -0.15) is 18.1 Å². The zero-order valence-electron chi connectivity index (χ0n) is 14.4. The van der Waals surface area contributed by atoms with E-state index in [0.717, 1.165) is 37.5 Å². The van der Waals surface area contributed by atoms with E-state index in [-0.39, 0.29) is 30.4 Å². The fraction of sp³-hybridized carbons (Fsp3) is 0.412. The monoisotopic (exact) mass is 396 g/mol. The summed E-state index contributed by atoms with van der Waals surface area (Å²) in [4.78, 5) is 29.9. The summed E-state index contributed by atoms with van der Waals surface area (Å²) in [6.07, 6.45) is 2.29. The molecule has 27 heavy (non-hydrogen) atoms. The van der Waals surface area contributed by atoms with Gasteiger partial charge in [0.05, 0.1) is 0 Å². The molecule has 1 aromatic heterocycles. The molecule has 0 spiro atoms. The molecule has 0 radical (unpaired) electrons. The van der Waals surface area contributed by atoms with Crippen molar-refractivity contribution in [1.82, 2.24) is 14.3 Å². The van der Waals surface area contributed by atoms with Crippen molar-refractivity contribution in [2.24, 2.45) is 0 Å². The minimum Gasteiger partial charge on any atom is -0.435 e. The number of halogens is 2. The highest BCUT2D eigenvalue weighted by Gasteiger charge is 2.19. The molecule has 1 aliphatic heterocycles. The van der Waals surface area contributed by atoms with Crippen molar-refractivity contribution in [2.75, 3.05) is 18.4 Å². The first-order valence-corrected chi connectivity index (χ1v) is 9.25. The van der Waals surface area contributed by atoms with Gasteiger partial charge >= 0.3 is 6.61 Å². The van der Waals surface area contributed by atoms with Crippen LogP contribution in [0, 0.1) is 0 Å². The maximum atomic E-state index is 12.2. The number of rotatable bonds is 7. The Balaban J connectivity index is 1.51. The van der Waals surface area contributed by atoms with Crippen molar-refractivity contribution in [1.29, 1.82) is 0 Å². The Morgan fingerprint density at radius 2 is 1.89 bits per heavy atom. The minimum absolute atomic E-state index is 0.00768. The van der Waals surface area contributed by atoms with E-state index in [1.54, 1.807) is 17.0 Å². The van der Waals surface area contributed by atoms with E-state index in [1.807, 2.05) is 0 Å². The highest BCUT2D eigenvalue weighted by Crippen LogP contribution is 2.24. The number of anilines is 1. The SMILES string of the molecule is O=C(CCC(=O)N1CCCC1)Nc1nc(-c2ccc(OC(F)F)cc2)ns1. The largest absolute Gasteiger partial charge is 0.435 e. The maximum absolute atomic E-state index is 12.2. The molecule has 2 heterocycles. The molecule has 1 saturated heterocycles. The van der Waals surface area contributed by atoms with Gasteiger partial charge in [-0.25, -0.2) is 0 Å². The lowest BCUT2D eigenvalue weighted by Crippen LogP contribution is -2.28. The number of ether oxygens (including phenoxy) is 1. The van der Waals surface area contributed by atoms with Crippen molar-refractivity contribution in [2.45, 2.75) is 32.3 Å². The molecule has 144 valence electrons. The summed E-state index contributed by atoms with van der Waals surface area (Å²) in [5.41, 5.74) is 0.609. The number of carbonyl (C=O) groups excluding carboxylic acids is 2. The summed E-state index contributed by atoms with van der Waals surface area (Å²) in [5, 5.41) is 2.94. The molecule has 0 aliphatic carbocycles. The van der Waals surface area contributed by atoms with Gasteiger partial charge in [-0.05, 0) is 37.1 Å². The number of hydrogen-bond donors (Lipinski definition) is 1. The first kappa shape index (κ1) is 19.2. The number of alkyl halides is 2. The molecule has 1 fully saturated rings. The van der Waals surface area contributed by atoms with Gasteiger partial charge in [-0.3, -0.25) is 9.59 Å². The van der Waals surface area contributed by atoms with Crippen molar-refractivity contribution < 1.29 is 23.1 Å². The first-order valence-electron chi connectivity index (χ1n) is 8.48. The second-order valence-corrected chi connectivity index (χ2v) is 6.71.